The zero-order valence-electron chi connectivity index (χ0n) is 11.2. The minimum atomic E-state index is -0.0237. The van der Waals surface area contributed by atoms with Crippen LogP contribution in [0.15, 0.2) is 51.7 Å². The Kier molecular flexibility index (Phi) is 3.18. The fraction of sp³-hybridized carbons (Fsp3) is 0.125. The Morgan fingerprint density at radius 3 is 2.65 bits per heavy atom. The van der Waals surface area contributed by atoms with E-state index in [0.29, 0.717) is 11.2 Å². The monoisotopic (exact) mass is 328 g/mol. The number of nitrogens with zero attached hydrogens (tertiary/aromatic N) is 2. The van der Waals surface area contributed by atoms with Crippen LogP contribution in [0.25, 0.3) is 22.3 Å². The number of hydrogen-bond donors (Lipinski definition) is 0. The van der Waals surface area contributed by atoms with Crippen molar-refractivity contribution in [3.05, 3.63) is 62.9 Å². The molecule has 0 bridgehead atoms. The van der Waals surface area contributed by atoms with Gasteiger partial charge in [-0.15, -0.1) is 0 Å². The first kappa shape index (κ1) is 13.1. The van der Waals surface area contributed by atoms with Gasteiger partial charge in [-0.25, -0.2) is 4.98 Å². The standard InChI is InChI=1S/C16H13BrN2O/c1-10-7-8-14-12(9-10)16(20)19(2)15(18-14)11-5-3-4-6-13(11)17/h3-9H,1-2H3. The normalized spacial score (nSPS) is 10.9. The van der Waals surface area contributed by atoms with Gasteiger partial charge >= 0.3 is 0 Å². The molecule has 0 N–H and O–H groups in total. The van der Waals surface area contributed by atoms with Crippen molar-refractivity contribution in [1.29, 1.82) is 0 Å². The molecule has 0 saturated carbocycles. The van der Waals surface area contributed by atoms with Crippen molar-refractivity contribution in [1.82, 2.24) is 9.55 Å². The van der Waals surface area contributed by atoms with E-state index in [-0.39, 0.29) is 5.56 Å². The summed E-state index contributed by atoms with van der Waals surface area (Å²) in [4.78, 5) is 17.1. The van der Waals surface area contributed by atoms with Crippen molar-refractivity contribution in [2.24, 2.45) is 7.05 Å². The lowest BCUT2D eigenvalue weighted by atomic mass is 10.1. The molecule has 0 spiro atoms. The summed E-state index contributed by atoms with van der Waals surface area (Å²) in [5.74, 6) is 0.666. The molecule has 2 aromatic carbocycles. The Hall–Kier alpha value is -1.94. The van der Waals surface area contributed by atoms with Crippen molar-refractivity contribution in [3.63, 3.8) is 0 Å². The number of benzene rings is 2. The van der Waals surface area contributed by atoms with Crippen LogP contribution in [0.3, 0.4) is 0 Å². The molecule has 0 saturated heterocycles. The fourth-order valence-corrected chi connectivity index (χ4v) is 2.73. The molecule has 3 nitrogen and oxygen atoms in total. The minimum absolute atomic E-state index is 0.0237. The topological polar surface area (TPSA) is 34.9 Å². The minimum Gasteiger partial charge on any atom is -0.295 e. The second-order valence-electron chi connectivity index (χ2n) is 4.80. The molecule has 0 aliphatic rings. The molecular weight excluding hydrogens is 316 g/mol. The highest BCUT2D eigenvalue weighted by molar-refractivity contribution is 9.10. The van der Waals surface area contributed by atoms with Gasteiger partial charge in [0.2, 0.25) is 0 Å². The zero-order valence-corrected chi connectivity index (χ0v) is 12.8. The Morgan fingerprint density at radius 2 is 1.90 bits per heavy atom. The highest BCUT2D eigenvalue weighted by atomic mass is 79.9. The highest BCUT2D eigenvalue weighted by Crippen LogP contribution is 2.26. The molecule has 0 unspecified atom stereocenters. The number of aromatic nitrogens is 2. The predicted molar refractivity (Wildman–Crippen MR) is 84.9 cm³/mol. The maximum Gasteiger partial charge on any atom is 0.261 e. The average molecular weight is 329 g/mol. The molecule has 0 aliphatic carbocycles. The summed E-state index contributed by atoms with van der Waals surface area (Å²) in [5.41, 5.74) is 2.67. The van der Waals surface area contributed by atoms with E-state index in [0.717, 1.165) is 21.1 Å². The molecule has 1 aromatic heterocycles. The molecule has 0 radical (unpaired) electrons. The fourth-order valence-electron chi connectivity index (χ4n) is 2.27. The van der Waals surface area contributed by atoms with Gasteiger partial charge in [-0.3, -0.25) is 9.36 Å². The SMILES string of the molecule is Cc1ccc2nc(-c3ccccc3Br)n(C)c(=O)c2c1. The first-order valence-corrected chi connectivity index (χ1v) is 7.09. The summed E-state index contributed by atoms with van der Waals surface area (Å²) in [6, 6.07) is 13.5. The van der Waals surface area contributed by atoms with Crippen LogP contribution in [-0.2, 0) is 7.05 Å². The first-order valence-electron chi connectivity index (χ1n) is 6.30. The first-order chi connectivity index (χ1) is 9.58. The summed E-state index contributed by atoms with van der Waals surface area (Å²) < 4.78 is 2.52. The van der Waals surface area contributed by atoms with Crippen LogP contribution in [0, 0.1) is 6.92 Å². The van der Waals surface area contributed by atoms with Gasteiger partial charge in [0.25, 0.3) is 5.56 Å². The van der Waals surface area contributed by atoms with E-state index in [1.807, 2.05) is 49.4 Å². The van der Waals surface area contributed by atoms with Crippen LogP contribution < -0.4 is 5.56 Å². The van der Waals surface area contributed by atoms with Gasteiger partial charge in [-0.2, -0.15) is 0 Å². The summed E-state index contributed by atoms with van der Waals surface area (Å²) in [6.45, 7) is 1.97. The highest BCUT2D eigenvalue weighted by Gasteiger charge is 2.12. The number of aryl methyl sites for hydroxylation is 1. The maximum atomic E-state index is 12.5. The van der Waals surface area contributed by atoms with Crippen LogP contribution >= 0.6 is 15.9 Å². The largest absolute Gasteiger partial charge is 0.295 e. The molecule has 1 heterocycles. The summed E-state index contributed by atoms with van der Waals surface area (Å²) in [5, 5.41) is 0.656. The third-order valence-electron chi connectivity index (χ3n) is 3.35. The lowest BCUT2D eigenvalue weighted by molar-refractivity contribution is 0.855. The van der Waals surface area contributed by atoms with E-state index >= 15 is 0 Å². The van der Waals surface area contributed by atoms with Crippen molar-refractivity contribution in [2.45, 2.75) is 6.92 Å². The predicted octanol–water partition coefficient (Wildman–Crippen LogP) is 3.67. The van der Waals surface area contributed by atoms with E-state index in [1.165, 1.54) is 0 Å². The van der Waals surface area contributed by atoms with Crippen LogP contribution in [-0.4, -0.2) is 9.55 Å². The van der Waals surface area contributed by atoms with Gasteiger partial charge in [-0.05, 0) is 25.1 Å². The number of halogens is 1. The Labute approximate surface area is 125 Å². The third-order valence-corrected chi connectivity index (χ3v) is 4.04. The van der Waals surface area contributed by atoms with E-state index in [1.54, 1.807) is 11.6 Å². The lowest BCUT2D eigenvalue weighted by Gasteiger charge is -2.11. The van der Waals surface area contributed by atoms with Crippen LogP contribution in [0.4, 0.5) is 0 Å². The molecule has 0 fully saturated rings. The van der Waals surface area contributed by atoms with Crippen molar-refractivity contribution < 1.29 is 0 Å². The number of rotatable bonds is 1. The lowest BCUT2D eigenvalue weighted by Crippen LogP contribution is -2.20. The molecule has 0 atom stereocenters. The Morgan fingerprint density at radius 1 is 1.15 bits per heavy atom. The van der Waals surface area contributed by atoms with E-state index in [2.05, 4.69) is 20.9 Å². The van der Waals surface area contributed by atoms with Gasteiger partial charge in [0.15, 0.2) is 0 Å². The average Bonchev–Trinajstić information content (AvgIpc) is 2.44. The number of hydrogen-bond acceptors (Lipinski definition) is 2. The van der Waals surface area contributed by atoms with Gasteiger partial charge < -0.3 is 0 Å². The van der Waals surface area contributed by atoms with Gasteiger partial charge in [-0.1, -0.05) is 45.8 Å². The Bertz CT molecular complexity index is 868. The quantitative estimate of drug-likeness (QED) is 0.683. The second kappa shape index (κ2) is 4.87. The summed E-state index contributed by atoms with van der Waals surface area (Å²) in [6.07, 6.45) is 0. The zero-order chi connectivity index (χ0) is 14.3. The molecule has 3 rings (SSSR count). The smallest absolute Gasteiger partial charge is 0.261 e. The maximum absolute atomic E-state index is 12.5. The molecule has 4 heteroatoms. The molecule has 0 amide bonds. The van der Waals surface area contributed by atoms with Gasteiger partial charge in [0.1, 0.15) is 5.82 Å². The van der Waals surface area contributed by atoms with Crippen LogP contribution in [0.5, 0.6) is 0 Å². The second-order valence-corrected chi connectivity index (χ2v) is 5.65. The van der Waals surface area contributed by atoms with Crippen LogP contribution in [0.1, 0.15) is 5.56 Å². The van der Waals surface area contributed by atoms with Crippen LogP contribution in [0.2, 0.25) is 0 Å². The molecular formula is C16H13BrN2O. The third kappa shape index (κ3) is 2.06. The molecule has 20 heavy (non-hydrogen) atoms. The van der Waals surface area contributed by atoms with E-state index < -0.39 is 0 Å². The van der Waals surface area contributed by atoms with Crippen molar-refractivity contribution in [3.8, 4) is 11.4 Å². The summed E-state index contributed by atoms with van der Waals surface area (Å²) >= 11 is 3.51. The summed E-state index contributed by atoms with van der Waals surface area (Å²) in [7, 11) is 1.76. The Balaban J connectivity index is 2.39. The van der Waals surface area contributed by atoms with Gasteiger partial charge in [0.05, 0.1) is 10.9 Å². The van der Waals surface area contributed by atoms with Gasteiger partial charge in [0, 0.05) is 17.1 Å². The van der Waals surface area contributed by atoms with E-state index in [9.17, 15) is 4.79 Å². The molecule has 3 aromatic rings. The number of fused-ring (bicyclic) bond motifs is 1. The molecule has 0 aliphatic heterocycles. The van der Waals surface area contributed by atoms with E-state index in [4.69, 9.17) is 0 Å². The van der Waals surface area contributed by atoms with Crippen molar-refractivity contribution >= 4 is 26.8 Å². The van der Waals surface area contributed by atoms with Crippen molar-refractivity contribution in [2.75, 3.05) is 0 Å². The molecule has 100 valence electrons.